The second kappa shape index (κ2) is 7.09. The van der Waals surface area contributed by atoms with E-state index in [1.54, 1.807) is 16.8 Å². The summed E-state index contributed by atoms with van der Waals surface area (Å²) in [5.74, 6) is 0.111. The summed E-state index contributed by atoms with van der Waals surface area (Å²) in [6, 6.07) is 6.71. The Kier molecular flexibility index (Phi) is 4.74. The highest BCUT2D eigenvalue weighted by Gasteiger charge is 2.33. The minimum Gasteiger partial charge on any atom is -0.324 e. The molecule has 0 bridgehead atoms. The van der Waals surface area contributed by atoms with Gasteiger partial charge in [0.2, 0.25) is 5.95 Å². The standard InChI is InChI=1S/C19H16ClF3N4O/c20-15-7-6-12(9-14(15)19(21,22)23)25-18-24-10-11-5-8-16(28)27(17(11)26-18)13-3-1-2-4-13/h5-10,13H,1-4H2,(H,24,25,26). The lowest BCUT2D eigenvalue weighted by Crippen LogP contribution is -2.23. The molecule has 1 aliphatic carbocycles. The highest BCUT2D eigenvalue weighted by molar-refractivity contribution is 6.31. The van der Waals surface area contributed by atoms with E-state index in [1.807, 2.05) is 0 Å². The number of nitrogens with one attached hydrogen (secondary N) is 1. The van der Waals surface area contributed by atoms with Gasteiger partial charge in [-0.25, -0.2) is 4.98 Å². The summed E-state index contributed by atoms with van der Waals surface area (Å²) < 4.78 is 40.9. The van der Waals surface area contributed by atoms with Gasteiger partial charge in [0, 0.05) is 29.4 Å². The third-order valence-electron chi connectivity index (χ3n) is 4.88. The quantitative estimate of drug-likeness (QED) is 0.637. The first-order valence-corrected chi connectivity index (χ1v) is 9.23. The molecule has 0 aliphatic heterocycles. The van der Waals surface area contributed by atoms with Crippen molar-refractivity contribution in [2.75, 3.05) is 5.32 Å². The van der Waals surface area contributed by atoms with Crippen LogP contribution in [0.1, 0.15) is 37.3 Å². The van der Waals surface area contributed by atoms with Crippen molar-refractivity contribution in [2.24, 2.45) is 0 Å². The van der Waals surface area contributed by atoms with Crippen LogP contribution in [0.5, 0.6) is 0 Å². The molecule has 2 heterocycles. The number of fused-ring (bicyclic) bond motifs is 1. The molecule has 0 spiro atoms. The normalized spacial score (nSPS) is 15.3. The fourth-order valence-electron chi connectivity index (χ4n) is 3.56. The van der Waals surface area contributed by atoms with Crippen LogP contribution in [0.2, 0.25) is 5.02 Å². The van der Waals surface area contributed by atoms with Crippen molar-refractivity contribution in [2.45, 2.75) is 37.9 Å². The lowest BCUT2D eigenvalue weighted by atomic mass is 10.2. The molecular weight excluding hydrogens is 393 g/mol. The molecule has 0 unspecified atom stereocenters. The number of pyridine rings is 1. The van der Waals surface area contributed by atoms with Crippen LogP contribution in [0.15, 0.2) is 41.3 Å². The monoisotopic (exact) mass is 408 g/mol. The smallest absolute Gasteiger partial charge is 0.324 e. The Hall–Kier alpha value is -2.61. The number of anilines is 2. The fraction of sp³-hybridized carbons (Fsp3) is 0.316. The molecular formula is C19H16ClF3N4O. The van der Waals surface area contributed by atoms with E-state index in [-0.39, 0.29) is 28.3 Å². The van der Waals surface area contributed by atoms with Crippen molar-refractivity contribution in [3.63, 3.8) is 0 Å². The molecule has 9 heteroatoms. The predicted octanol–water partition coefficient (Wildman–Crippen LogP) is 5.32. The van der Waals surface area contributed by atoms with Gasteiger partial charge in [0.05, 0.1) is 10.6 Å². The van der Waals surface area contributed by atoms with Gasteiger partial charge < -0.3 is 5.32 Å². The highest BCUT2D eigenvalue weighted by atomic mass is 35.5. The molecule has 28 heavy (non-hydrogen) atoms. The molecule has 4 rings (SSSR count). The van der Waals surface area contributed by atoms with E-state index in [9.17, 15) is 18.0 Å². The second-order valence-corrected chi connectivity index (χ2v) is 7.18. The third kappa shape index (κ3) is 3.56. The number of hydrogen-bond acceptors (Lipinski definition) is 4. The van der Waals surface area contributed by atoms with Gasteiger partial charge in [-0.05, 0) is 37.1 Å². The van der Waals surface area contributed by atoms with Gasteiger partial charge >= 0.3 is 6.18 Å². The largest absolute Gasteiger partial charge is 0.417 e. The molecule has 1 saturated carbocycles. The van der Waals surface area contributed by atoms with Crippen molar-refractivity contribution in [3.05, 3.63) is 57.5 Å². The van der Waals surface area contributed by atoms with Crippen molar-refractivity contribution in [1.82, 2.24) is 14.5 Å². The van der Waals surface area contributed by atoms with Crippen molar-refractivity contribution in [1.29, 1.82) is 0 Å². The highest BCUT2D eigenvalue weighted by Crippen LogP contribution is 2.36. The molecule has 1 aliphatic rings. The van der Waals surface area contributed by atoms with Gasteiger partial charge in [-0.15, -0.1) is 0 Å². The van der Waals surface area contributed by atoms with Crippen LogP contribution >= 0.6 is 11.6 Å². The van der Waals surface area contributed by atoms with Crippen LogP contribution in [-0.4, -0.2) is 14.5 Å². The van der Waals surface area contributed by atoms with Crippen LogP contribution in [0.3, 0.4) is 0 Å². The summed E-state index contributed by atoms with van der Waals surface area (Å²) in [6.07, 6.45) is 0.886. The maximum Gasteiger partial charge on any atom is 0.417 e. The number of hydrogen-bond donors (Lipinski definition) is 1. The Morgan fingerprint density at radius 2 is 1.89 bits per heavy atom. The summed E-state index contributed by atoms with van der Waals surface area (Å²) in [7, 11) is 0. The topological polar surface area (TPSA) is 59.8 Å². The SMILES string of the molecule is O=c1ccc2cnc(Nc3ccc(Cl)c(C(F)(F)F)c3)nc2n1C1CCCC1. The molecule has 0 saturated heterocycles. The molecule has 0 radical (unpaired) electrons. The molecule has 5 nitrogen and oxygen atoms in total. The molecule has 1 fully saturated rings. The molecule has 1 aromatic carbocycles. The van der Waals surface area contributed by atoms with Gasteiger partial charge in [-0.3, -0.25) is 9.36 Å². The van der Waals surface area contributed by atoms with E-state index in [1.165, 1.54) is 18.2 Å². The average Bonchev–Trinajstić information content (AvgIpc) is 3.16. The van der Waals surface area contributed by atoms with Gasteiger partial charge in [0.1, 0.15) is 5.65 Å². The average molecular weight is 409 g/mol. The minimum atomic E-state index is -4.57. The van der Waals surface area contributed by atoms with E-state index in [2.05, 4.69) is 15.3 Å². The van der Waals surface area contributed by atoms with Crippen molar-refractivity contribution < 1.29 is 13.2 Å². The molecule has 2 aromatic heterocycles. The number of nitrogens with zero attached hydrogens (tertiary/aromatic N) is 3. The van der Waals surface area contributed by atoms with Crippen LogP contribution in [0.25, 0.3) is 11.0 Å². The fourth-order valence-corrected chi connectivity index (χ4v) is 3.79. The molecule has 0 amide bonds. The van der Waals surface area contributed by atoms with Gasteiger partial charge in [0.15, 0.2) is 0 Å². The first kappa shape index (κ1) is 18.7. The van der Waals surface area contributed by atoms with E-state index in [0.717, 1.165) is 31.7 Å². The number of alkyl halides is 3. The zero-order valence-electron chi connectivity index (χ0n) is 14.6. The van der Waals surface area contributed by atoms with Gasteiger partial charge in [0.25, 0.3) is 5.56 Å². The van der Waals surface area contributed by atoms with Gasteiger partial charge in [-0.1, -0.05) is 24.4 Å². The number of benzene rings is 1. The van der Waals surface area contributed by atoms with Gasteiger partial charge in [-0.2, -0.15) is 18.2 Å². The number of halogens is 4. The first-order valence-electron chi connectivity index (χ1n) is 8.85. The van der Waals surface area contributed by atoms with E-state index >= 15 is 0 Å². The number of aromatic nitrogens is 3. The Bertz CT molecular complexity index is 1090. The second-order valence-electron chi connectivity index (χ2n) is 6.77. The molecule has 1 N–H and O–H groups in total. The van der Waals surface area contributed by atoms with Crippen LogP contribution in [0.4, 0.5) is 24.8 Å². The van der Waals surface area contributed by atoms with Crippen molar-refractivity contribution in [3.8, 4) is 0 Å². The Balaban J connectivity index is 1.74. The Morgan fingerprint density at radius 1 is 1.14 bits per heavy atom. The third-order valence-corrected chi connectivity index (χ3v) is 5.21. The van der Waals surface area contributed by atoms with Crippen LogP contribution in [0, 0.1) is 0 Å². The van der Waals surface area contributed by atoms with Crippen molar-refractivity contribution >= 4 is 34.3 Å². The lowest BCUT2D eigenvalue weighted by Gasteiger charge is -2.16. The molecule has 3 aromatic rings. The Labute approximate surface area is 163 Å². The van der Waals surface area contributed by atoms with Crippen LogP contribution < -0.4 is 10.9 Å². The lowest BCUT2D eigenvalue weighted by molar-refractivity contribution is -0.137. The zero-order chi connectivity index (χ0) is 19.9. The maximum atomic E-state index is 13.1. The zero-order valence-corrected chi connectivity index (χ0v) is 15.4. The molecule has 146 valence electrons. The van der Waals surface area contributed by atoms with E-state index < -0.39 is 11.7 Å². The minimum absolute atomic E-state index is 0.0753. The number of rotatable bonds is 3. The maximum absolute atomic E-state index is 13.1. The summed E-state index contributed by atoms with van der Waals surface area (Å²) in [5, 5.41) is 3.09. The predicted molar refractivity (Wildman–Crippen MR) is 101 cm³/mol. The summed E-state index contributed by atoms with van der Waals surface area (Å²) in [5.41, 5.74) is -0.457. The summed E-state index contributed by atoms with van der Waals surface area (Å²) in [4.78, 5) is 21.0. The first-order chi connectivity index (χ1) is 13.3. The van der Waals surface area contributed by atoms with E-state index in [0.29, 0.717) is 11.0 Å². The van der Waals surface area contributed by atoms with E-state index in [4.69, 9.17) is 11.6 Å². The van der Waals surface area contributed by atoms with Crippen LogP contribution in [-0.2, 0) is 6.18 Å². The summed E-state index contributed by atoms with van der Waals surface area (Å²) >= 11 is 5.66. The molecule has 0 atom stereocenters. The summed E-state index contributed by atoms with van der Waals surface area (Å²) in [6.45, 7) is 0. The Morgan fingerprint density at radius 3 is 2.61 bits per heavy atom.